The quantitative estimate of drug-likeness (QED) is 0.341. The van der Waals surface area contributed by atoms with Crippen molar-refractivity contribution in [3.8, 4) is 11.6 Å². The molecule has 35 heavy (non-hydrogen) atoms. The Hall–Kier alpha value is -2.49. The molecule has 3 N–H and O–H groups in total. The van der Waals surface area contributed by atoms with E-state index in [0.29, 0.717) is 46.5 Å². The summed E-state index contributed by atoms with van der Waals surface area (Å²) in [6.07, 6.45) is -3.43. The van der Waals surface area contributed by atoms with Crippen LogP contribution in [-0.4, -0.2) is 39.7 Å². The summed E-state index contributed by atoms with van der Waals surface area (Å²) in [5.41, 5.74) is -1.75. The molecule has 0 fully saturated rings. The van der Waals surface area contributed by atoms with E-state index in [1.54, 1.807) is 44.3 Å². The smallest absolute Gasteiger partial charge is 0.431 e. The third-order valence-electron chi connectivity index (χ3n) is 6.11. The molecule has 6 nitrogen and oxygen atoms in total. The normalized spacial score (nSPS) is 15.8. The molecule has 0 saturated carbocycles. The van der Waals surface area contributed by atoms with Crippen molar-refractivity contribution >= 4 is 22.5 Å². The highest BCUT2D eigenvalue weighted by molar-refractivity contribution is 6.30. The highest BCUT2D eigenvalue weighted by atomic mass is 35.5. The number of fused-ring (bicyclic) bond motifs is 2. The summed E-state index contributed by atoms with van der Waals surface area (Å²) in [6, 6.07) is 6.80. The molecule has 1 unspecified atom stereocenters. The molecule has 1 aliphatic rings. The summed E-state index contributed by atoms with van der Waals surface area (Å²) in [5.74, 6) is 0.974. The molecule has 0 radical (unpaired) electrons. The van der Waals surface area contributed by atoms with Crippen LogP contribution in [-0.2, 0) is 18.4 Å². The van der Waals surface area contributed by atoms with Crippen LogP contribution in [0.1, 0.15) is 50.9 Å². The number of hydrogen-bond donors (Lipinski definition) is 3. The Kier molecular flexibility index (Phi) is 6.72. The van der Waals surface area contributed by atoms with Gasteiger partial charge in [0, 0.05) is 47.1 Å². The van der Waals surface area contributed by atoms with Gasteiger partial charge >= 0.3 is 6.18 Å². The minimum absolute atomic E-state index is 0.0590. The number of ether oxygens (including phenoxy) is 2. The van der Waals surface area contributed by atoms with Crippen molar-refractivity contribution in [2.24, 2.45) is 0 Å². The SMILES string of the molecule is CC(C)Oc1cc2cc(CNC(O)(CC(C)(C)c3cc(Cl)cc4c3OCC4)C(F)(F)F)[nH]c2cn1. The summed E-state index contributed by atoms with van der Waals surface area (Å²) in [4.78, 5) is 7.24. The van der Waals surface area contributed by atoms with Crippen molar-refractivity contribution in [2.45, 2.75) is 70.5 Å². The Bertz CT molecular complexity index is 1230. The van der Waals surface area contributed by atoms with Gasteiger partial charge in [0.1, 0.15) is 5.75 Å². The Labute approximate surface area is 206 Å². The van der Waals surface area contributed by atoms with E-state index in [1.807, 2.05) is 13.8 Å². The van der Waals surface area contributed by atoms with Crippen molar-refractivity contribution in [1.29, 1.82) is 0 Å². The second-order valence-electron chi connectivity index (χ2n) is 9.88. The van der Waals surface area contributed by atoms with E-state index in [4.69, 9.17) is 21.1 Å². The maximum Gasteiger partial charge on any atom is 0.431 e. The van der Waals surface area contributed by atoms with E-state index < -0.39 is 23.7 Å². The van der Waals surface area contributed by atoms with Crippen LogP contribution in [0.5, 0.6) is 11.6 Å². The average Bonchev–Trinajstić information content (AvgIpc) is 3.36. The van der Waals surface area contributed by atoms with Gasteiger partial charge < -0.3 is 19.6 Å². The monoisotopic (exact) mass is 511 g/mol. The number of halogens is 4. The van der Waals surface area contributed by atoms with E-state index in [-0.39, 0.29) is 12.6 Å². The zero-order chi connectivity index (χ0) is 25.6. The van der Waals surface area contributed by atoms with Gasteiger partial charge in [-0.25, -0.2) is 4.98 Å². The third kappa shape index (κ3) is 5.37. The summed E-state index contributed by atoms with van der Waals surface area (Å²) in [6.45, 7) is 7.24. The molecule has 2 aromatic heterocycles. The number of aliphatic hydroxyl groups is 1. The highest BCUT2D eigenvalue weighted by Crippen LogP contribution is 2.45. The van der Waals surface area contributed by atoms with E-state index >= 15 is 0 Å². The molecule has 10 heteroatoms. The second-order valence-corrected chi connectivity index (χ2v) is 10.3. The number of aromatic amines is 1. The number of alkyl halides is 3. The maximum absolute atomic E-state index is 14.2. The molecule has 0 spiro atoms. The fourth-order valence-electron chi connectivity index (χ4n) is 4.48. The standard InChI is InChI=1S/C25H29ClF3N3O3/c1-14(2)35-21-9-16-8-18(32-20(16)12-30-21)11-31-24(33,25(27,28)29)13-23(3,4)19-10-17(26)7-15-5-6-34-22(15)19/h7-10,12,14,31-33H,5-6,11,13H2,1-4H3. The average molecular weight is 512 g/mol. The largest absolute Gasteiger partial charge is 0.493 e. The molecule has 0 bridgehead atoms. The highest BCUT2D eigenvalue weighted by Gasteiger charge is 2.56. The molecule has 0 saturated heterocycles. The zero-order valence-corrected chi connectivity index (χ0v) is 20.8. The first-order valence-electron chi connectivity index (χ1n) is 11.4. The zero-order valence-electron chi connectivity index (χ0n) is 20.0. The van der Waals surface area contributed by atoms with Crippen LogP contribution in [0.25, 0.3) is 10.9 Å². The van der Waals surface area contributed by atoms with Crippen LogP contribution in [0.3, 0.4) is 0 Å². The van der Waals surface area contributed by atoms with Crippen LogP contribution in [0.2, 0.25) is 5.02 Å². The van der Waals surface area contributed by atoms with Gasteiger partial charge in [-0.1, -0.05) is 25.4 Å². The second kappa shape index (κ2) is 9.19. The molecule has 3 aromatic rings. The molecule has 1 aliphatic heterocycles. The molecular weight excluding hydrogens is 483 g/mol. The number of hydrogen-bond acceptors (Lipinski definition) is 5. The van der Waals surface area contributed by atoms with Gasteiger partial charge in [0.2, 0.25) is 11.6 Å². The van der Waals surface area contributed by atoms with E-state index in [1.165, 1.54) is 0 Å². The summed E-state index contributed by atoms with van der Waals surface area (Å²) < 4.78 is 53.8. The molecule has 4 rings (SSSR count). The lowest BCUT2D eigenvalue weighted by molar-refractivity contribution is -0.280. The maximum atomic E-state index is 14.2. The van der Waals surface area contributed by atoms with Crippen molar-refractivity contribution in [2.75, 3.05) is 6.61 Å². The number of nitrogens with one attached hydrogen (secondary N) is 2. The van der Waals surface area contributed by atoms with Crippen LogP contribution < -0.4 is 14.8 Å². The van der Waals surface area contributed by atoms with Crippen LogP contribution >= 0.6 is 11.6 Å². The molecule has 0 amide bonds. The number of benzene rings is 1. The van der Waals surface area contributed by atoms with Gasteiger partial charge in [0.25, 0.3) is 0 Å². The minimum Gasteiger partial charge on any atom is -0.493 e. The van der Waals surface area contributed by atoms with E-state index in [9.17, 15) is 18.3 Å². The van der Waals surface area contributed by atoms with Crippen molar-refractivity contribution < 1.29 is 27.8 Å². The Morgan fingerprint density at radius 1 is 1.23 bits per heavy atom. The Morgan fingerprint density at radius 3 is 2.66 bits per heavy atom. The summed E-state index contributed by atoms with van der Waals surface area (Å²) in [7, 11) is 0. The summed E-state index contributed by atoms with van der Waals surface area (Å²) >= 11 is 6.24. The van der Waals surface area contributed by atoms with Gasteiger partial charge in [-0.2, -0.15) is 13.2 Å². The van der Waals surface area contributed by atoms with Crippen molar-refractivity contribution in [1.82, 2.24) is 15.3 Å². The third-order valence-corrected chi connectivity index (χ3v) is 6.33. The first-order chi connectivity index (χ1) is 16.3. The van der Waals surface area contributed by atoms with E-state index in [0.717, 1.165) is 10.9 Å². The lowest BCUT2D eigenvalue weighted by Gasteiger charge is -2.38. The fourth-order valence-corrected chi connectivity index (χ4v) is 4.72. The molecule has 1 atom stereocenters. The topological polar surface area (TPSA) is 79.4 Å². The Balaban J connectivity index is 1.58. The summed E-state index contributed by atoms with van der Waals surface area (Å²) in [5, 5.41) is 14.4. The molecule has 1 aromatic carbocycles. The number of rotatable bonds is 8. The van der Waals surface area contributed by atoms with Crippen LogP contribution in [0.15, 0.2) is 30.5 Å². The van der Waals surface area contributed by atoms with Gasteiger partial charge in [-0.05, 0) is 43.0 Å². The van der Waals surface area contributed by atoms with Gasteiger partial charge in [0.15, 0.2) is 0 Å². The van der Waals surface area contributed by atoms with Gasteiger partial charge in [0.05, 0.1) is 24.4 Å². The fraction of sp³-hybridized carbons (Fsp3) is 0.480. The van der Waals surface area contributed by atoms with Crippen LogP contribution in [0.4, 0.5) is 13.2 Å². The first kappa shape index (κ1) is 25.6. The predicted octanol–water partition coefficient (Wildman–Crippen LogP) is 5.65. The molecular formula is C25H29ClF3N3O3. The lowest BCUT2D eigenvalue weighted by Crippen LogP contribution is -2.59. The van der Waals surface area contributed by atoms with Gasteiger partial charge in [-0.15, -0.1) is 0 Å². The van der Waals surface area contributed by atoms with Crippen molar-refractivity contribution in [3.05, 3.63) is 52.3 Å². The predicted molar refractivity (Wildman–Crippen MR) is 128 cm³/mol. The minimum atomic E-state index is -4.93. The van der Waals surface area contributed by atoms with E-state index in [2.05, 4.69) is 15.3 Å². The first-order valence-corrected chi connectivity index (χ1v) is 11.8. The number of nitrogens with zero attached hydrogens (tertiary/aromatic N) is 1. The van der Waals surface area contributed by atoms with Gasteiger partial charge in [-0.3, -0.25) is 5.32 Å². The number of pyridine rings is 1. The lowest BCUT2D eigenvalue weighted by atomic mass is 9.76. The molecule has 3 heterocycles. The number of aromatic nitrogens is 2. The Morgan fingerprint density at radius 2 is 1.97 bits per heavy atom. The van der Waals surface area contributed by atoms with Crippen LogP contribution in [0, 0.1) is 0 Å². The molecule has 0 aliphatic carbocycles. The van der Waals surface area contributed by atoms with Crippen molar-refractivity contribution in [3.63, 3.8) is 0 Å². The molecule has 190 valence electrons. The number of H-pyrrole nitrogens is 1.